The maximum Gasteiger partial charge on any atom is 0.310 e. The largest absolute Gasteiger partial charge is 0.469 e. The van der Waals surface area contributed by atoms with Crippen LogP contribution in [0.4, 0.5) is 5.69 Å². The average Bonchev–Trinajstić information content (AvgIpc) is 2.84. The number of amides is 1. The van der Waals surface area contributed by atoms with Crippen molar-refractivity contribution in [3.63, 3.8) is 0 Å². The van der Waals surface area contributed by atoms with Crippen LogP contribution in [-0.2, 0) is 14.3 Å². The molecule has 2 aliphatic rings. The van der Waals surface area contributed by atoms with Gasteiger partial charge in [0.15, 0.2) is 0 Å². The first-order valence-corrected chi connectivity index (χ1v) is 8.74. The molecule has 1 amide bonds. The molecule has 24 heavy (non-hydrogen) atoms. The van der Waals surface area contributed by atoms with Crippen LogP contribution < -0.4 is 5.32 Å². The van der Waals surface area contributed by atoms with Crippen LogP contribution in [0.3, 0.4) is 0 Å². The van der Waals surface area contributed by atoms with Crippen LogP contribution in [0.15, 0.2) is 24.3 Å². The van der Waals surface area contributed by atoms with E-state index in [9.17, 15) is 9.59 Å². The molecule has 1 N–H and O–H groups in total. The van der Waals surface area contributed by atoms with Crippen molar-refractivity contribution < 1.29 is 14.3 Å². The molecule has 5 nitrogen and oxygen atoms in total. The molecule has 3 rings (SSSR count). The van der Waals surface area contributed by atoms with E-state index in [1.165, 1.54) is 7.11 Å². The summed E-state index contributed by atoms with van der Waals surface area (Å²) in [6.45, 7) is 1.83. The quantitative estimate of drug-likeness (QED) is 0.863. The van der Waals surface area contributed by atoms with E-state index in [1.54, 1.807) is 0 Å². The summed E-state index contributed by atoms with van der Waals surface area (Å²) in [4.78, 5) is 26.3. The van der Waals surface area contributed by atoms with Gasteiger partial charge >= 0.3 is 5.97 Å². The van der Waals surface area contributed by atoms with Gasteiger partial charge in [0.1, 0.15) is 0 Å². The SMILES string of the molecule is CCC(=O)Nc1ccc([C@H]2C[C@H]3CCC([C@H]2C(=O)OC)N3C)cc1. The topological polar surface area (TPSA) is 58.6 Å². The number of carbonyl (C=O) groups is 2. The highest BCUT2D eigenvalue weighted by atomic mass is 16.5. The van der Waals surface area contributed by atoms with Gasteiger partial charge in [0.25, 0.3) is 0 Å². The highest BCUT2D eigenvalue weighted by Gasteiger charge is 2.49. The second kappa shape index (κ2) is 6.93. The van der Waals surface area contributed by atoms with Crippen LogP contribution in [0.2, 0.25) is 0 Å². The Morgan fingerprint density at radius 2 is 1.96 bits per heavy atom. The van der Waals surface area contributed by atoms with Crippen molar-refractivity contribution in [3.05, 3.63) is 29.8 Å². The maximum atomic E-state index is 12.4. The highest BCUT2D eigenvalue weighted by molar-refractivity contribution is 5.90. The van der Waals surface area contributed by atoms with Gasteiger partial charge in [-0.05, 0) is 44.0 Å². The number of piperidine rings is 1. The van der Waals surface area contributed by atoms with Gasteiger partial charge in [-0.15, -0.1) is 0 Å². The van der Waals surface area contributed by atoms with Gasteiger partial charge in [-0.3, -0.25) is 14.5 Å². The number of anilines is 1. The normalized spacial score (nSPS) is 29.3. The predicted molar refractivity (Wildman–Crippen MR) is 92.8 cm³/mol. The third kappa shape index (κ3) is 3.05. The number of ether oxygens (including phenoxy) is 1. The molecule has 5 heteroatoms. The summed E-state index contributed by atoms with van der Waals surface area (Å²) in [7, 11) is 3.60. The van der Waals surface area contributed by atoms with E-state index in [-0.39, 0.29) is 29.8 Å². The number of hydrogen-bond donors (Lipinski definition) is 1. The first-order chi connectivity index (χ1) is 11.5. The number of esters is 1. The van der Waals surface area contributed by atoms with E-state index in [0.29, 0.717) is 12.5 Å². The molecule has 0 spiro atoms. The molecule has 0 radical (unpaired) electrons. The number of hydrogen-bond acceptors (Lipinski definition) is 4. The molecule has 1 unspecified atom stereocenters. The molecule has 0 aromatic heterocycles. The van der Waals surface area contributed by atoms with Crippen molar-refractivity contribution in [3.8, 4) is 0 Å². The van der Waals surface area contributed by atoms with Gasteiger partial charge < -0.3 is 10.1 Å². The van der Waals surface area contributed by atoms with Crippen LogP contribution in [0.1, 0.15) is 44.1 Å². The molecule has 0 aliphatic carbocycles. The van der Waals surface area contributed by atoms with Gasteiger partial charge in [-0.1, -0.05) is 19.1 Å². The number of carbonyl (C=O) groups excluding carboxylic acids is 2. The molecular formula is C19H26N2O3. The zero-order valence-electron chi connectivity index (χ0n) is 14.6. The molecule has 0 saturated carbocycles. The number of nitrogens with zero attached hydrogens (tertiary/aromatic N) is 1. The molecule has 130 valence electrons. The number of nitrogens with one attached hydrogen (secondary N) is 1. The Labute approximate surface area is 143 Å². The Hall–Kier alpha value is -1.88. The summed E-state index contributed by atoms with van der Waals surface area (Å²) in [5.41, 5.74) is 1.96. The zero-order chi connectivity index (χ0) is 17.3. The summed E-state index contributed by atoms with van der Waals surface area (Å²) >= 11 is 0. The van der Waals surface area contributed by atoms with Crippen molar-refractivity contribution in [1.29, 1.82) is 0 Å². The van der Waals surface area contributed by atoms with Gasteiger partial charge in [0.2, 0.25) is 5.91 Å². The van der Waals surface area contributed by atoms with Crippen molar-refractivity contribution >= 4 is 17.6 Å². The van der Waals surface area contributed by atoms with Crippen molar-refractivity contribution in [1.82, 2.24) is 4.90 Å². The highest BCUT2D eigenvalue weighted by Crippen LogP contribution is 2.46. The predicted octanol–water partition coefficient (Wildman–Crippen LogP) is 2.77. The van der Waals surface area contributed by atoms with Crippen molar-refractivity contribution in [2.45, 2.75) is 50.6 Å². The lowest BCUT2D eigenvalue weighted by molar-refractivity contribution is -0.150. The summed E-state index contributed by atoms with van der Waals surface area (Å²) in [5.74, 6) is -0.0370. The maximum absolute atomic E-state index is 12.4. The van der Waals surface area contributed by atoms with E-state index >= 15 is 0 Å². The van der Waals surface area contributed by atoms with Crippen LogP contribution in [0, 0.1) is 5.92 Å². The minimum Gasteiger partial charge on any atom is -0.469 e. The zero-order valence-corrected chi connectivity index (χ0v) is 14.6. The van der Waals surface area contributed by atoms with Crippen LogP contribution in [-0.4, -0.2) is 43.0 Å². The lowest BCUT2D eigenvalue weighted by atomic mass is 9.76. The summed E-state index contributed by atoms with van der Waals surface area (Å²) < 4.78 is 5.11. The molecule has 2 aliphatic heterocycles. The molecule has 2 saturated heterocycles. The smallest absolute Gasteiger partial charge is 0.310 e. The number of rotatable bonds is 4. The summed E-state index contributed by atoms with van der Waals surface area (Å²) in [6.07, 6.45) is 3.65. The average molecular weight is 330 g/mol. The molecular weight excluding hydrogens is 304 g/mol. The summed E-state index contributed by atoms with van der Waals surface area (Å²) in [6, 6.07) is 8.74. The third-order valence-corrected chi connectivity index (χ3v) is 5.69. The minimum atomic E-state index is -0.116. The van der Waals surface area contributed by atoms with Crippen molar-refractivity contribution in [2.24, 2.45) is 5.92 Å². The second-order valence-electron chi connectivity index (χ2n) is 6.88. The standard InChI is InChI=1S/C19H26N2O3/c1-4-17(22)20-13-7-5-12(6-8-13)15-11-14-9-10-16(21(14)2)18(15)19(23)24-3/h5-8,14-16,18H,4,9-11H2,1-3H3,(H,20,22)/t14-,15-,16?,18+/m1/s1. The Morgan fingerprint density at radius 3 is 2.58 bits per heavy atom. The fourth-order valence-corrected chi connectivity index (χ4v) is 4.33. The van der Waals surface area contributed by atoms with Gasteiger partial charge in [0, 0.05) is 30.1 Å². The Kier molecular flexibility index (Phi) is 4.90. The Morgan fingerprint density at radius 1 is 1.25 bits per heavy atom. The van der Waals surface area contributed by atoms with E-state index < -0.39 is 0 Å². The number of fused-ring (bicyclic) bond motifs is 2. The monoisotopic (exact) mass is 330 g/mol. The van der Waals surface area contributed by atoms with Crippen LogP contribution in [0.25, 0.3) is 0 Å². The second-order valence-corrected chi connectivity index (χ2v) is 6.88. The summed E-state index contributed by atoms with van der Waals surface area (Å²) in [5, 5.41) is 2.87. The minimum absolute atomic E-state index is 0.00697. The molecule has 2 heterocycles. The lowest BCUT2D eigenvalue weighted by Gasteiger charge is -2.41. The Balaban J connectivity index is 1.83. The van der Waals surface area contributed by atoms with Crippen molar-refractivity contribution in [2.75, 3.05) is 19.5 Å². The van der Waals surface area contributed by atoms with Gasteiger partial charge in [-0.25, -0.2) is 0 Å². The third-order valence-electron chi connectivity index (χ3n) is 5.69. The number of benzene rings is 1. The molecule has 4 atom stereocenters. The first kappa shape index (κ1) is 17.0. The first-order valence-electron chi connectivity index (χ1n) is 8.74. The fourth-order valence-electron chi connectivity index (χ4n) is 4.33. The van der Waals surface area contributed by atoms with E-state index in [4.69, 9.17) is 4.74 Å². The molecule has 1 aromatic rings. The van der Waals surface area contributed by atoms with Gasteiger partial charge in [0.05, 0.1) is 13.0 Å². The molecule has 1 aromatic carbocycles. The lowest BCUT2D eigenvalue weighted by Crippen LogP contribution is -2.49. The van der Waals surface area contributed by atoms with Gasteiger partial charge in [-0.2, -0.15) is 0 Å². The molecule has 2 fully saturated rings. The van der Waals surface area contributed by atoms with Crippen LogP contribution in [0.5, 0.6) is 0 Å². The number of methoxy groups -OCH3 is 1. The fraction of sp³-hybridized carbons (Fsp3) is 0.579. The van der Waals surface area contributed by atoms with E-state index in [2.05, 4.69) is 17.3 Å². The molecule has 2 bridgehead atoms. The van der Waals surface area contributed by atoms with Crippen LogP contribution >= 0.6 is 0 Å². The Bertz CT molecular complexity index is 614. The van der Waals surface area contributed by atoms with E-state index in [0.717, 1.165) is 30.5 Å². The van der Waals surface area contributed by atoms with E-state index in [1.807, 2.05) is 31.2 Å².